The van der Waals surface area contributed by atoms with E-state index >= 15 is 0 Å². The molecule has 1 aromatic heterocycles. The Kier molecular flexibility index (Phi) is 4.17. The molecule has 0 saturated carbocycles. The van der Waals surface area contributed by atoms with E-state index in [0.29, 0.717) is 6.07 Å². The van der Waals surface area contributed by atoms with E-state index in [1.54, 1.807) is 0 Å². The van der Waals surface area contributed by atoms with Crippen molar-refractivity contribution in [1.82, 2.24) is 0 Å². The molecule has 0 spiro atoms. The summed E-state index contributed by atoms with van der Waals surface area (Å²) in [6.45, 7) is 0. The van der Waals surface area contributed by atoms with Gasteiger partial charge in [-0.1, -0.05) is 0 Å². The molecule has 25 heavy (non-hydrogen) atoms. The SMILES string of the molecule is CS(=O)(=O)Nc1cc2occc(=O)c2cc1Oc1ccc(F)cc1F. The lowest BCUT2D eigenvalue weighted by Crippen LogP contribution is -2.11. The standard InChI is InChI=1S/C16H11F2NO5S/c1-25(21,22)19-12-8-15-10(13(20)4-5-23-15)7-16(12)24-14-3-2-9(17)6-11(14)18/h2-8,19H,1H3. The minimum atomic E-state index is -3.69. The van der Waals surface area contributed by atoms with Gasteiger partial charge in [0.05, 0.1) is 23.6 Å². The molecule has 0 radical (unpaired) electrons. The summed E-state index contributed by atoms with van der Waals surface area (Å²) in [5.41, 5.74) is -0.338. The predicted molar refractivity (Wildman–Crippen MR) is 87.4 cm³/mol. The molecule has 0 saturated heterocycles. The van der Waals surface area contributed by atoms with Crippen LogP contribution in [0.2, 0.25) is 0 Å². The van der Waals surface area contributed by atoms with Gasteiger partial charge in [0, 0.05) is 18.2 Å². The fourth-order valence-electron chi connectivity index (χ4n) is 2.15. The molecule has 0 bridgehead atoms. The number of ether oxygens (including phenoxy) is 1. The van der Waals surface area contributed by atoms with E-state index in [1.165, 1.54) is 18.2 Å². The second-order valence-corrected chi connectivity index (χ2v) is 6.93. The highest BCUT2D eigenvalue weighted by atomic mass is 32.2. The van der Waals surface area contributed by atoms with E-state index in [-0.39, 0.29) is 28.2 Å². The zero-order valence-corrected chi connectivity index (χ0v) is 13.6. The number of fused-ring (bicyclic) bond motifs is 1. The van der Waals surface area contributed by atoms with E-state index in [9.17, 15) is 22.0 Å². The van der Waals surface area contributed by atoms with Gasteiger partial charge in [0.2, 0.25) is 10.0 Å². The average Bonchev–Trinajstić information content (AvgIpc) is 2.50. The fraction of sp³-hybridized carbons (Fsp3) is 0.0625. The van der Waals surface area contributed by atoms with E-state index < -0.39 is 27.1 Å². The summed E-state index contributed by atoms with van der Waals surface area (Å²) < 4.78 is 62.6. The number of anilines is 1. The Labute approximate surface area is 140 Å². The maximum Gasteiger partial charge on any atom is 0.229 e. The second kappa shape index (κ2) is 6.17. The van der Waals surface area contributed by atoms with Crippen LogP contribution in [-0.2, 0) is 10.0 Å². The molecule has 6 nitrogen and oxygen atoms in total. The van der Waals surface area contributed by atoms with Crippen molar-refractivity contribution in [1.29, 1.82) is 0 Å². The van der Waals surface area contributed by atoms with Gasteiger partial charge in [-0.15, -0.1) is 0 Å². The third kappa shape index (κ3) is 3.77. The smallest absolute Gasteiger partial charge is 0.229 e. The number of hydrogen-bond acceptors (Lipinski definition) is 5. The number of nitrogens with one attached hydrogen (secondary N) is 1. The molecule has 0 fully saturated rings. The lowest BCUT2D eigenvalue weighted by molar-refractivity contribution is 0.439. The molecular formula is C16H11F2NO5S. The van der Waals surface area contributed by atoms with Crippen molar-refractivity contribution < 1.29 is 26.4 Å². The Morgan fingerprint density at radius 3 is 2.52 bits per heavy atom. The van der Waals surface area contributed by atoms with Crippen LogP contribution in [0.4, 0.5) is 14.5 Å². The minimum absolute atomic E-state index is 0.0620. The molecule has 0 amide bonds. The van der Waals surface area contributed by atoms with Crippen molar-refractivity contribution in [2.75, 3.05) is 11.0 Å². The van der Waals surface area contributed by atoms with E-state index in [0.717, 1.165) is 24.7 Å². The van der Waals surface area contributed by atoms with Gasteiger partial charge in [0.25, 0.3) is 0 Å². The molecule has 3 rings (SSSR count). The Balaban J connectivity index is 2.17. The van der Waals surface area contributed by atoms with Crippen molar-refractivity contribution in [2.24, 2.45) is 0 Å². The topological polar surface area (TPSA) is 85.6 Å². The zero-order chi connectivity index (χ0) is 18.2. The minimum Gasteiger partial charge on any atom is -0.464 e. The van der Waals surface area contributed by atoms with Crippen LogP contribution >= 0.6 is 0 Å². The summed E-state index contributed by atoms with van der Waals surface area (Å²) in [6, 6.07) is 6.29. The molecule has 1 heterocycles. The van der Waals surface area contributed by atoms with Crippen LogP contribution < -0.4 is 14.9 Å². The van der Waals surface area contributed by atoms with Crippen LogP contribution in [0, 0.1) is 11.6 Å². The van der Waals surface area contributed by atoms with E-state index in [4.69, 9.17) is 9.15 Å². The first-order valence-corrected chi connectivity index (χ1v) is 8.78. The van der Waals surface area contributed by atoms with Gasteiger partial charge < -0.3 is 9.15 Å². The predicted octanol–water partition coefficient (Wildman–Crippen LogP) is 3.24. The molecule has 3 aromatic rings. The van der Waals surface area contributed by atoms with Crippen LogP contribution in [0.1, 0.15) is 0 Å². The molecule has 9 heteroatoms. The maximum atomic E-state index is 13.8. The van der Waals surface area contributed by atoms with Crippen molar-refractivity contribution in [3.63, 3.8) is 0 Å². The van der Waals surface area contributed by atoms with Crippen LogP contribution in [0.3, 0.4) is 0 Å². The van der Waals surface area contributed by atoms with E-state index in [2.05, 4.69) is 4.72 Å². The van der Waals surface area contributed by atoms with Crippen molar-refractivity contribution in [3.8, 4) is 11.5 Å². The zero-order valence-electron chi connectivity index (χ0n) is 12.7. The normalized spacial score (nSPS) is 11.5. The van der Waals surface area contributed by atoms with Crippen LogP contribution in [0.25, 0.3) is 11.0 Å². The number of hydrogen-bond donors (Lipinski definition) is 1. The Morgan fingerprint density at radius 2 is 1.84 bits per heavy atom. The summed E-state index contributed by atoms with van der Waals surface area (Å²) in [5.74, 6) is -2.25. The number of benzene rings is 2. The van der Waals surface area contributed by atoms with Gasteiger partial charge in [-0.25, -0.2) is 17.2 Å². The van der Waals surface area contributed by atoms with E-state index in [1.807, 2.05) is 0 Å². The number of halogens is 2. The molecule has 0 aliphatic rings. The van der Waals surface area contributed by atoms with Crippen LogP contribution in [0.5, 0.6) is 11.5 Å². The van der Waals surface area contributed by atoms with Gasteiger partial charge in [0.1, 0.15) is 11.4 Å². The summed E-state index contributed by atoms with van der Waals surface area (Å²) in [7, 11) is -3.69. The van der Waals surface area contributed by atoms with Crippen molar-refractivity contribution in [2.45, 2.75) is 0 Å². The lowest BCUT2D eigenvalue weighted by atomic mass is 10.2. The van der Waals surface area contributed by atoms with Crippen molar-refractivity contribution >= 4 is 26.7 Å². The summed E-state index contributed by atoms with van der Waals surface area (Å²) in [5, 5.41) is 0.110. The molecule has 0 atom stereocenters. The van der Waals surface area contributed by atoms with Gasteiger partial charge in [-0.05, 0) is 18.2 Å². The van der Waals surface area contributed by atoms with Crippen LogP contribution in [-0.4, -0.2) is 14.7 Å². The highest BCUT2D eigenvalue weighted by Crippen LogP contribution is 2.34. The molecule has 0 aliphatic carbocycles. The average molecular weight is 367 g/mol. The molecule has 0 aliphatic heterocycles. The Bertz CT molecular complexity index is 1130. The highest BCUT2D eigenvalue weighted by Gasteiger charge is 2.15. The van der Waals surface area contributed by atoms with Crippen LogP contribution in [0.15, 0.2) is 51.9 Å². The first kappa shape index (κ1) is 16.9. The monoisotopic (exact) mass is 367 g/mol. The number of rotatable bonds is 4. The second-order valence-electron chi connectivity index (χ2n) is 5.18. The highest BCUT2D eigenvalue weighted by molar-refractivity contribution is 7.92. The molecule has 2 aromatic carbocycles. The van der Waals surface area contributed by atoms with Gasteiger partial charge in [-0.2, -0.15) is 0 Å². The van der Waals surface area contributed by atoms with Gasteiger partial charge in [0.15, 0.2) is 22.7 Å². The first-order chi connectivity index (χ1) is 11.7. The largest absolute Gasteiger partial charge is 0.464 e. The summed E-state index contributed by atoms with van der Waals surface area (Å²) in [4.78, 5) is 11.9. The van der Waals surface area contributed by atoms with Gasteiger partial charge >= 0.3 is 0 Å². The summed E-state index contributed by atoms with van der Waals surface area (Å²) in [6.07, 6.45) is 2.08. The molecular weight excluding hydrogens is 356 g/mol. The first-order valence-electron chi connectivity index (χ1n) is 6.89. The lowest BCUT2D eigenvalue weighted by Gasteiger charge is -2.13. The molecule has 0 unspecified atom stereocenters. The third-order valence-corrected chi connectivity index (χ3v) is 3.76. The number of sulfonamides is 1. The van der Waals surface area contributed by atoms with Gasteiger partial charge in [-0.3, -0.25) is 9.52 Å². The maximum absolute atomic E-state index is 13.8. The van der Waals surface area contributed by atoms with Crippen molar-refractivity contribution in [3.05, 3.63) is 64.5 Å². The molecule has 1 N–H and O–H groups in total. The quantitative estimate of drug-likeness (QED) is 0.765. The third-order valence-electron chi connectivity index (χ3n) is 3.17. The molecule has 130 valence electrons. The Morgan fingerprint density at radius 1 is 1.08 bits per heavy atom. The summed E-state index contributed by atoms with van der Waals surface area (Å²) >= 11 is 0. The fourth-order valence-corrected chi connectivity index (χ4v) is 2.71. The Hall–Kier alpha value is -2.94.